The zero-order valence-electron chi connectivity index (χ0n) is 12.9. The molecule has 0 radical (unpaired) electrons. The minimum atomic E-state index is -0.153. The topological polar surface area (TPSA) is 49.4 Å². The first kappa shape index (κ1) is 17.0. The Labute approximate surface area is 140 Å². The molecule has 23 heavy (non-hydrogen) atoms. The molecule has 0 aliphatic rings. The molecule has 4 nitrogen and oxygen atoms in total. The molecule has 0 bridgehead atoms. The normalized spacial score (nSPS) is 10.1. The quantitative estimate of drug-likeness (QED) is 0.757. The monoisotopic (exact) mass is 328 g/mol. The highest BCUT2D eigenvalue weighted by atomic mass is 32.1. The van der Waals surface area contributed by atoms with Crippen molar-refractivity contribution in [3.8, 4) is 0 Å². The van der Waals surface area contributed by atoms with E-state index < -0.39 is 0 Å². The summed E-state index contributed by atoms with van der Waals surface area (Å²) in [5.41, 5.74) is 0.930. The van der Waals surface area contributed by atoms with Crippen LogP contribution in [0.1, 0.15) is 10.4 Å². The van der Waals surface area contributed by atoms with Crippen molar-refractivity contribution in [2.24, 2.45) is 0 Å². The van der Waals surface area contributed by atoms with Crippen molar-refractivity contribution in [3.05, 3.63) is 70.9 Å². The average Bonchev–Trinajstić information content (AvgIpc) is 3.06. The largest absolute Gasteiger partial charge is 0.347 e. The van der Waals surface area contributed by atoms with E-state index in [1.807, 2.05) is 47.8 Å². The second kappa shape index (κ2) is 8.90. The molecule has 2 amide bonds. The van der Waals surface area contributed by atoms with E-state index in [0.717, 1.165) is 10.4 Å². The number of carbonyl (C=O) groups is 2. The molecule has 0 saturated carbocycles. The Morgan fingerprint density at radius 2 is 1.96 bits per heavy atom. The fraction of sp³-hybridized carbons (Fsp3) is 0.222. The van der Waals surface area contributed by atoms with Crippen molar-refractivity contribution in [1.82, 2.24) is 10.2 Å². The number of rotatable bonds is 8. The summed E-state index contributed by atoms with van der Waals surface area (Å²) < 4.78 is 0. The van der Waals surface area contributed by atoms with Gasteiger partial charge >= 0.3 is 0 Å². The lowest BCUT2D eigenvalue weighted by Gasteiger charge is -2.20. The zero-order chi connectivity index (χ0) is 16.5. The summed E-state index contributed by atoms with van der Waals surface area (Å²) in [5.74, 6) is -0.265. The van der Waals surface area contributed by atoms with E-state index in [-0.39, 0.29) is 24.8 Å². The van der Waals surface area contributed by atoms with E-state index in [1.54, 1.807) is 22.3 Å². The molecule has 0 aliphatic carbocycles. The zero-order valence-corrected chi connectivity index (χ0v) is 13.7. The van der Waals surface area contributed by atoms with Gasteiger partial charge < -0.3 is 10.2 Å². The van der Waals surface area contributed by atoms with Gasteiger partial charge in [0.25, 0.3) is 0 Å². The Kier molecular flexibility index (Phi) is 6.56. The second-order valence-electron chi connectivity index (χ2n) is 5.08. The summed E-state index contributed by atoms with van der Waals surface area (Å²) in [5, 5.41) is 4.67. The van der Waals surface area contributed by atoms with Gasteiger partial charge in [0.05, 0.1) is 19.5 Å². The Morgan fingerprint density at radius 1 is 1.17 bits per heavy atom. The first-order chi connectivity index (χ1) is 11.2. The number of hydrogen-bond donors (Lipinski definition) is 1. The number of benzene rings is 1. The Hall–Kier alpha value is -2.40. The molecule has 2 aromatic rings. The predicted octanol–water partition coefficient (Wildman–Crippen LogP) is 2.62. The highest BCUT2D eigenvalue weighted by Crippen LogP contribution is 2.11. The van der Waals surface area contributed by atoms with Gasteiger partial charge in [-0.1, -0.05) is 42.5 Å². The molecule has 1 N–H and O–H groups in total. The lowest BCUT2D eigenvalue weighted by Crippen LogP contribution is -2.40. The number of thiophene rings is 1. The minimum Gasteiger partial charge on any atom is -0.347 e. The van der Waals surface area contributed by atoms with Gasteiger partial charge in [-0.05, 0) is 17.0 Å². The molecule has 120 valence electrons. The maximum absolute atomic E-state index is 12.3. The lowest BCUT2D eigenvalue weighted by atomic mass is 10.1. The molecule has 0 saturated heterocycles. The maximum atomic E-state index is 12.3. The molecule has 0 aliphatic heterocycles. The summed E-state index contributed by atoms with van der Waals surface area (Å²) in [6, 6.07) is 13.4. The molecule has 1 aromatic carbocycles. The van der Waals surface area contributed by atoms with Gasteiger partial charge in [-0.3, -0.25) is 9.59 Å². The summed E-state index contributed by atoms with van der Waals surface area (Å²) in [4.78, 5) is 27.0. The molecule has 1 aromatic heterocycles. The van der Waals surface area contributed by atoms with Gasteiger partial charge in [0.2, 0.25) is 11.8 Å². The van der Waals surface area contributed by atoms with E-state index >= 15 is 0 Å². The highest BCUT2D eigenvalue weighted by molar-refractivity contribution is 7.09. The fourth-order valence-corrected chi connectivity index (χ4v) is 2.85. The molecule has 0 unspecified atom stereocenters. The van der Waals surface area contributed by atoms with Crippen molar-refractivity contribution in [3.63, 3.8) is 0 Å². The molecule has 0 spiro atoms. The third kappa shape index (κ3) is 5.71. The Morgan fingerprint density at radius 3 is 2.61 bits per heavy atom. The predicted molar refractivity (Wildman–Crippen MR) is 93.1 cm³/mol. The van der Waals surface area contributed by atoms with Crippen LogP contribution in [0.5, 0.6) is 0 Å². The molecule has 2 rings (SSSR count). The number of carbonyl (C=O) groups excluding carboxylic acids is 2. The van der Waals surface area contributed by atoms with Crippen LogP contribution in [0.15, 0.2) is 60.5 Å². The van der Waals surface area contributed by atoms with Crippen molar-refractivity contribution in [2.45, 2.75) is 13.0 Å². The van der Waals surface area contributed by atoms with Crippen LogP contribution in [0.25, 0.3) is 0 Å². The van der Waals surface area contributed by atoms with Crippen LogP contribution in [0.2, 0.25) is 0 Å². The van der Waals surface area contributed by atoms with Crippen molar-refractivity contribution >= 4 is 23.2 Å². The molecular weight excluding hydrogens is 308 g/mol. The second-order valence-corrected chi connectivity index (χ2v) is 6.11. The first-order valence-electron chi connectivity index (χ1n) is 7.40. The third-order valence-electron chi connectivity index (χ3n) is 3.27. The fourth-order valence-electron chi connectivity index (χ4n) is 2.13. The smallest absolute Gasteiger partial charge is 0.242 e. The maximum Gasteiger partial charge on any atom is 0.242 e. The van der Waals surface area contributed by atoms with Crippen LogP contribution in [0, 0.1) is 0 Å². The van der Waals surface area contributed by atoms with Gasteiger partial charge in [0.15, 0.2) is 0 Å². The standard InChI is InChI=1S/C18H20N2O2S/c1-2-10-20(14-16-9-6-11-23-16)18(22)13-19-17(21)12-15-7-4-3-5-8-15/h2-9,11H,1,10,12-14H2,(H,19,21). The van der Waals surface area contributed by atoms with E-state index in [0.29, 0.717) is 13.1 Å². The Balaban J connectivity index is 1.83. The average molecular weight is 328 g/mol. The molecule has 0 atom stereocenters. The number of nitrogens with zero attached hydrogens (tertiary/aromatic N) is 1. The molecule has 0 fully saturated rings. The van der Waals surface area contributed by atoms with Gasteiger partial charge in [-0.2, -0.15) is 0 Å². The number of amides is 2. The lowest BCUT2D eigenvalue weighted by molar-refractivity contribution is -0.132. The summed E-state index contributed by atoms with van der Waals surface area (Å²) in [7, 11) is 0. The van der Waals surface area contributed by atoms with Gasteiger partial charge in [-0.15, -0.1) is 17.9 Å². The molecule has 5 heteroatoms. The van der Waals surface area contributed by atoms with Crippen LogP contribution in [-0.4, -0.2) is 29.8 Å². The summed E-state index contributed by atoms with van der Waals surface area (Å²) in [6.45, 7) is 4.69. The van der Waals surface area contributed by atoms with Gasteiger partial charge in [0, 0.05) is 11.4 Å². The highest BCUT2D eigenvalue weighted by Gasteiger charge is 2.14. The molecular formula is C18H20N2O2S. The van der Waals surface area contributed by atoms with Crippen LogP contribution < -0.4 is 5.32 Å². The Bertz CT molecular complexity index is 638. The van der Waals surface area contributed by atoms with Crippen LogP contribution >= 0.6 is 11.3 Å². The van der Waals surface area contributed by atoms with Crippen molar-refractivity contribution in [1.29, 1.82) is 0 Å². The van der Waals surface area contributed by atoms with E-state index in [2.05, 4.69) is 11.9 Å². The molecule has 1 heterocycles. The van der Waals surface area contributed by atoms with Crippen molar-refractivity contribution < 1.29 is 9.59 Å². The minimum absolute atomic E-state index is 0.00484. The van der Waals surface area contributed by atoms with Gasteiger partial charge in [-0.25, -0.2) is 0 Å². The van der Waals surface area contributed by atoms with E-state index in [1.165, 1.54) is 0 Å². The first-order valence-corrected chi connectivity index (χ1v) is 8.28. The van der Waals surface area contributed by atoms with Gasteiger partial charge in [0.1, 0.15) is 0 Å². The van der Waals surface area contributed by atoms with E-state index in [9.17, 15) is 9.59 Å². The van der Waals surface area contributed by atoms with Crippen molar-refractivity contribution in [2.75, 3.05) is 13.1 Å². The van der Waals surface area contributed by atoms with Crippen LogP contribution in [0.4, 0.5) is 0 Å². The SMILES string of the molecule is C=CCN(Cc1cccs1)C(=O)CNC(=O)Cc1ccccc1. The number of nitrogens with one attached hydrogen (secondary N) is 1. The van der Waals surface area contributed by atoms with E-state index in [4.69, 9.17) is 0 Å². The number of hydrogen-bond acceptors (Lipinski definition) is 3. The van der Waals surface area contributed by atoms with Crippen LogP contribution in [-0.2, 0) is 22.6 Å². The van der Waals surface area contributed by atoms with Crippen LogP contribution in [0.3, 0.4) is 0 Å². The summed E-state index contributed by atoms with van der Waals surface area (Å²) >= 11 is 1.61. The summed E-state index contributed by atoms with van der Waals surface area (Å²) in [6.07, 6.45) is 1.97. The third-order valence-corrected chi connectivity index (χ3v) is 4.13.